The Labute approximate surface area is 111 Å². The lowest BCUT2D eigenvalue weighted by Crippen LogP contribution is -2.11. The summed E-state index contributed by atoms with van der Waals surface area (Å²) in [6, 6.07) is 0. The van der Waals surface area contributed by atoms with Crippen molar-refractivity contribution in [1.29, 1.82) is 0 Å². The first-order chi connectivity index (χ1) is 8.99. The van der Waals surface area contributed by atoms with E-state index in [-0.39, 0.29) is 5.75 Å². The summed E-state index contributed by atoms with van der Waals surface area (Å²) in [6.45, 7) is 0.515. The van der Waals surface area contributed by atoms with Gasteiger partial charge < -0.3 is 15.6 Å². The number of nitrogens with one attached hydrogen (secondary N) is 3. The van der Waals surface area contributed by atoms with Gasteiger partial charge in [0.25, 0.3) is 0 Å². The van der Waals surface area contributed by atoms with Gasteiger partial charge in [0, 0.05) is 19.8 Å². The van der Waals surface area contributed by atoms with Crippen LogP contribution < -0.4 is 10.6 Å². The highest BCUT2D eigenvalue weighted by Gasteiger charge is 2.09. The quantitative estimate of drug-likeness (QED) is 0.651. The number of nitrogens with zero attached hydrogens (tertiary/aromatic N) is 3. The van der Waals surface area contributed by atoms with E-state index in [1.807, 2.05) is 0 Å². The van der Waals surface area contributed by atoms with Crippen LogP contribution in [0.2, 0.25) is 0 Å². The summed E-state index contributed by atoms with van der Waals surface area (Å²) in [5.41, 5.74) is 1.27. The van der Waals surface area contributed by atoms with Crippen molar-refractivity contribution in [3.8, 4) is 0 Å². The number of hydrogen-bond donors (Lipinski definition) is 3. The number of hydrogen-bond acceptors (Lipinski definition) is 7. The fourth-order valence-corrected chi connectivity index (χ4v) is 2.28. The molecule has 3 N–H and O–H groups in total. The van der Waals surface area contributed by atoms with Gasteiger partial charge in [0.1, 0.15) is 15.4 Å². The zero-order chi connectivity index (χ0) is 13.9. The highest BCUT2D eigenvalue weighted by atomic mass is 32.2. The van der Waals surface area contributed by atoms with Crippen LogP contribution in [0.4, 0.5) is 11.8 Å². The Hall–Kier alpha value is -1.90. The van der Waals surface area contributed by atoms with Crippen LogP contribution in [0.5, 0.6) is 0 Å². The van der Waals surface area contributed by atoms with Crippen LogP contribution in [0.3, 0.4) is 0 Å². The number of anilines is 2. The van der Waals surface area contributed by atoms with E-state index in [0.717, 1.165) is 0 Å². The van der Waals surface area contributed by atoms with Crippen LogP contribution in [0, 0.1) is 0 Å². The van der Waals surface area contributed by atoms with E-state index in [2.05, 4.69) is 30.6 Å². The number of aromatic amines is 1. The average molecular weight is 284 g/mol. The van der Waals surface area contributed by atoms with Gasteiger partial charge in [0.05, 0.1) is 12.1 Å². The van der Waals surface area contributed by atoms with Crippen molar-refractivity contribution in [3.05, 3.63) is 6.33 Å². The van der Waals surface area contributed by atoms with E-state index < -0.39 is 9.84 Å². The number of H-pyrrole nitrogens is 1. The van der Waals surface area contributed by atoms with Crippen LogP contribution in [-0.4, -0.2) is 54.0 Å². The zero-order valence-corrected chi connectivity index (χ0v) is 11.6. The highest BCUT2D eigenvalue weighted by molar-refractivity contribution is 7.90. The normalized spacial score (nSPS) is 11.7. The Morgan fingerprint density at radius 3 is 2.84 bits per heavy atom. The van der Waals surface area contributed by atoms with Gasteiger partial charge in [-0.05, 0) is 6.42 Å². The molecule has 2 aromatic heterocycles. The van der Waals surface area contributed by atoms with Crippen LogP contribution in [0.25, 0.3) is 11.2 Å². The van der Waals surface area contributed by atoms with Crippen molar-refractivity contribution in [3.63, 3.8) is 0 Å². The summed E-state index contributed by atoms with van der Waals surface area (Å²) in [5, 5.41) is 5.95. The lowest BCUT2D eigenvalue weighted by Gasteiger charge is -2.07. The van der Waals surface area contributed by atoms with Gasteiger partial charge in [-0.15, -0.1) is 0 Å². The second kappa shape index (κ2) is 5.39. The Morgan fingerprint density at radius 2 is 2.16 bits per heavy atom. The molecular formula is C10H16N6O2S. The van der Waals surface area contributed by atoms with Gasteiger partial charge in [0.15, 0.2) is 11.5 Å². The number of sulfone groups is 1. The average Bonchev–Trinajstić information content (AvgIpc) is 2.81. The molecule has 0 saturated carbocycles. The molecule has 0 aliphatic rings. The predicted molar refractivity (Wildman–Crippen MR) is 74.0 cm³/mol. The molecular weight excluding hydrogens is 268 g/mol. The third-order valence-electron chi connectivity index (χ3n) is 2.49. The molecule has 0 aliphatic heterocycles. The summed E-state index contributed by atoms with van der Waals surface area (Å²) in [4.78, 5) is 15.5. The van der Waals surface area contributed by atoms with Crippen LogP contribution >= 0.6 is 0 Å². The summed E-state index contributed by atoms with van der Waals surface area (Å²) < 4.78 is 22.1. The molecule has 0 saturated heterocycles. The molecule has 0 amide bonds. The zero-order valence-electron chi connectivity index (χ0n) is 10.8. The fourth-order valence-electron chi connectivity index (χ4n) is 1.61. The molecule has 104 valence electrons. The van der Waals surface area contributed by atoms with Crippen molar-refractivity contribution < 1.29 is 8.42 Å². The molecule has 19 heavy (non-hydrogen) atoms. The molecule has 0 fully saturated rings. The molecule has 0 aromatic carbocycles. The lowest BCUT2D eigenvalue weighted by atomic mass is 10.4. The largest absolute Gasteiger partial charge is 0.368 e. The number of aromatic nitrogens is 4. The third-order valence-corrected chi connectivity index (χ3v) is 3.52. The first-order valence-electron chi connectivity index (χ1n) is 5.80. The van der Waals surface area contributed by atoms with Gasteiger partial charge in [-0.1, -0.05) is 0 Å². The summed E-state index contributed by atoms with van der Waals surface area (Å²) >= 11 is 0. The molecule has 0 radical (unpaired) electrons. The summed E-state index contributed by atoms with van der Waals surface area (Å²) in [5.74, 6) is 1.22. The van der Waals surface area contributed by atoms with Crippen molar-refractivity contribution in [2.75, 3.05) is 36.2 Å². The topological polar surface area (TPSA) is 113 Å². The van der Waals surface area contributed by atoms with Crippen molar-refractivity contribution in [1.82, 2.24) is 19.9 Å². The maximum atomic E-state index is 11.0. The third kappa shape index (κ3) is 3.53. The molecule has 8 nitrogen and oxygen atoms in total. The van der Waals surface area contributed by atoms with Crippen LogP contribution in [0.15, 0.2) is 6.33 Å². The van der Waals surface area contributed by atoms with E-state index in [0.29, 0.717) is 35.9 Å². The van der Waals surface area contributed by atoms with Gasteiger partial charge in [-0.3, -0.25) is 0 Å². The highest BCUT2D eigenvalue weighted by Crippen LogP contribution is 2.18. The summed E-state index contributed by atoms with van der Waals surface area (Å²) in [7, 11) is -1.20. The van der Waals surface area contributed by atoms with E-state index in [9.17, 15) is 8.42 Å². The Kier molecular flexibility index (Phi) is 3.84. The monoisotopic (exact) mass is 284 g/mol. The Bertz CT molecular complexity index is 666. The number of rotatable bonds is 6. The van der Waals surface area contributed by atoms with Crippen molar-refractivity contribution in [2.45, 2.75) is 6.42 Å². The minimum absolute atomic E-state index is 0.149. The first-order valence-corrected chi connectivity index (χ1v) is 7.86. The van der Waals surface area contributed by atoms with E-state index in [1.165, 1.54) is 6.26 Å². The molecule has 0 bridgehead atoms. The van der Waals surface area contributed by atoms with Crippen LogP contribution in [-0.2, 0) is 9.84 Å². The molecule has 0 unspecified atom stereocenters. The van der Waals surface area contributed by atoms with Crippen LogP contribution in [0.1, 0.15) is 6.42 Å². The number of fused-ring (bicyclic) bond motifs is 1. The molecule has 2 rings (SSSR count). The fraction of sp³-hybridized carbons (Fsp3) is 0.500. The first kappa shape index (κ1) is 13.5. The standard InChI is InChI=1S/C10H16N6O2S/c1-11-10-15-8(7-9(16-10)14-6-13-7)12-4-3-5-19(2,17)18/h6H,3-5H2,1-2H3,(H3,11,12,13,14,15,16). The number of imidazole rings is 1. The van der Waals surface area contributed by atoms with Gasteiger partial charge in [0.2, 0.25) is 5.95 Å². The second-order valence-corrected chi connectivity index (χ2v) is 6.42. The van der Waals surface area contributed by atoms with Gasteiger partial charge in [-0.25, -0.2) is 13.4 Å². The minimum atomic E-state index is -2.93. The smallest absolute Gasteiger partial charge is 0.226 e. The molecule has 0 aliphatic carbocycles. The Balaban J connectivity index is 2.09. The van der Waals surface area contributed by atoms with Crippen molar-refractivity contribution in [2.24, 2.45) is 0 Å². The van der Waals surface area contributed by atoms with Crippen molar-refractivity contribution >= 4 is 32.8 Å². The SMILES string of the molecule is CNc1nc(NCCCS(C)(=O)=O)c2[nH]cnc2n1. The minimum Gasteiger partial charge on any atom is -0.368 e. The maximum absolute atomic E-state index is 11.0. The molecule has 9 heteroatoms. The van der Waals surface area contributed by atoms with Gasteiger partial charge >= 0.3 is 0 Å². The molecule has 2 heterocycles. The van der Waals surface area contributed by atoms with E-state index >= 15 is 0 Å². The summed E-state index contributed by atoms with van der Waals surface area (Å²) in [6.07, 6.45) is 3.29. The molecule has 0 atom stereocenters. The van der Waals surface area contributed by atoms with E-state index in [4.69, 9.17) is 0 Å². The van der Waals surface area contributed by atoms with E-state index in [1.54, 1.807) is 13.4 Å². The van der Waals surface area contributed by atoms with Gasteiger partial charge in [-0.2, -0.15) is 9.97 Å². The molecule has 2 aromatic rings. The lowest BCUT2D eigenvalue weighted by molar-refractivity contribution is 0.600. The Morgan fingerprint density at radius 1 is 1.37 bits per heavy atom. The maximum Gasteiger partial charge on any atom is 0.226 e. The second-order valence-electron chi connectivity index (χ2n) is 4.16. The predicted octanol–water partition coefficient (Wildman–Crippen LogP) is 0.241. The molecule has 0 spiro atoms.